The molecule has 1 spiro atoms. The van der Waals surface area contributed by atoms with Gasteiger partial charge in [-0.3, -0.25) is 4.68 Å². The van der Waals surface area contributed by atoms with E-state index in [1.807, 2.05) is 18.7 Å². The average molecular weight is 374 g/mol. The van der Waals surface area contributed by atoms with Crippen LogP contribution in [0.25, 0.3) is 11.6 Å². The van der Waals surface area contributed by atoms with Crippen LogP contribution in [-0.4, -0.2) is 39.0 Å². The van der Waals surface area contributed by atoms with Crippen molar-refractivity contribution in [2.45, 2.75) is 64.6 Å². The largest absolute Gasteiger partial charge is 0.420 e. The monoisotopic (exact) mass is 374 g/mol. The fourth-order valence-corrected chi connectivity index (χ4v) is 6.13. The molecule has 2 unspecified atom stereocenters. The van der Waals surface area contributed by atoms with Crippen molar-refractivity contribution in [1.82, 2.24) is 20.0 Å². The van der Waals surface area contributed by atoms with Gasteiger partial charge in [0, 0.05) is 38.2 Å². The molecule has 148 valence electrons. The molecule has 0 bridgehead atoms. The van der Waals surface area contributed by atoms with E-state index in [9.17, 15) is 0 Å². The predicted octanol–water partition coefficient (Wildman–Crippen LogP) is 3.41. The molecule has 27 heavy (non-hydrogen) atoms. The summed E-state index contributed by atoms with van der Waals surface area (Å²) in [7, 11) is 1.98. The highest BCUT2D eigenvalue weighted by molar-refractivity contribution is 5.58. The molecule has 0 amide bonds. The number of hydrogen-bond acceptors (Lipinski definition) is 6. The average Bonchev–Trinajstić information content (AvgIpc) is 3.31. The summed E-state index contributed by atoms with van der Waals surface area (Å²) in [5.74, 6) is 1.14. The first-order chi connectivity index (χ1) is 12.8. The van der Waals surface area contributed by atoms with Crippen LogP contribution in [0.2, 0.25) is 0 Å². The molecule has 2 fully saturated rings. The third-order valence-corrected chi connectivity index (χ3v) is 7.45. The lowest BCUT2D eigenvalue weighted by Gasteiger charge is -2.59. The smallest absolute Gasteiger partial charge is 0.266 e. The Morgan fingerprint density at radius 2 is 1.85 bits per heavy atom. The van der Waals surface area contributed by atoms with E-state index in [2.05, 4.69) is 31.0 Å². The minimum atomic E-state index is -0.449. The predicted molar refractivity (Wildman–Crippen MR) is 100 cm³/mol. The van der Waals surface area contributed by atoms with Crippen molar-refractivity contribution in [2.75, 3.05) is 13.2 Å². The highest BCUT2D eigenvalue weighted by Gasteiger charge is 2.64. The molecule has 0 N–H and O–H groups in total. The third kappa shape index (κ3) is 2.12. The van der Waals surface area contributed by atoms with E-state index in [0.29, 0.717) is 30.9 Å². The number of hydrogen-bond donors (Lipinski definition) is 0. The second-order valence-electron chi connectivity index (χ2n) is 9.11. The maximum absolute atomic E-state index is 6.20. The fraction of sp³-hybridized carbons (Fsp3) is 0.750. The summed E-state index contributed by atoms with van der Waals surface area (Å²) in [5, 5.41) is 13.2. The van der Waals surface area contributed by atoms with Crippen LogP contribution in [0.3, 0.4) is 0 Å². The Bertz CT molecular complexity index is 899. The van der Waals surface area contributed by atoms with Crippen LogP contribution < -0.4 is 0 Å². The van der Waals surface area contributed by atoms with Crippen molar-refractivity contribution >= 4 is 0 Å². The first-order valence-corrected chi connectivity index (χ1v) is 9.93. The summed E-state index contributed by atoms with van der Waals surface area (Å²) in [6, 6.07) is 0. The minimum Gasteiger partial charge on any atom is -0.420 e. The van der Waals surface area contributed by atoms with E-state index >= 15 is 0 Å². The lowest BCUT2D eigenvalue weighted by atomic mass is 9.49. The van der Waals surface area contributed by atoms with Gasteiger partial charge in [-0.05, 0) is 25.2 Å². The molecule has 1 saturated carbocycles. The summed E-state index contributed by atoms with van der Waals surface area (Å²) in [6.45, 7) is 10.2. The molecule has 5 rings (SSSR count). The van der Waals surface area contributed by atoms with E-state index in [4.69, 9.17) is 19.0 Å². The molecule has 7 heteroatoms. The van der Waals surface area contributed by atoms with Gasteiger partial charge in [-0.15, -0.1) is 10.2 Å². The van der Waals surface area contributed by atoms with Gasteiger partial charge in [0.1, 0.15) is 5.69 Å². The van der Waals surface area contributed by atoms with Crippen LogP contribution in [0, 0.1) is 18.3 Å². The highest BCUT2D eigenvalue weighted by Crippen LogP contribution is 2.62. The Morgan fingerprint density at radius 1 is 1.11 bits per heavy atom. The van der Waals surface area contributed by atoms with Crippen LogP contribution in [0.4, 0.5) is 0 Å². The molecular formula is C20H30N4O3. The van der Waals surface area contributed by atoms with Gasteiger partial charge < -0.3 is 13.9 Å². The van der Waals surface area contributed by atoms with Gasteiger partial charge in [-0.25, -0.2) is 0 Å². The van der Waals surface area contributed by atoms with Crippen LogP contribution in [0.1, 0.15) is 58.6 Å². The molecule has 0 aromatic carbocycles. The van der Waals surface area contributed by atoms with Crippen LogP contribution in [0.5, 0.6) is 0 Å². The van der Waals surface area contributed by atoms with Gasteiger partial charge in [0.15, 0.2) is 5.79 Å². The SMILES string of the molecule is Cc1nnc(-c2c3c(nn2C)C2(C)CCC4(OCCO4)C(C)(C)C2CC3)o1.[HH]. The maximum atomic E-state index is 6.20. The van der Waals surface area contributed by atoms with Crippen molar-refractivity contribution in [3.8, 4) is 11.6 Å². The van der Waals surface area contributed by atoms with Gasteiger partial charge in [0.05, 0.1) is 18.9 Å². The van der Waals surface area contributed by atoms with Gasteiger partial charge in [-0.1, -0.05) is 20.8 Å². The molecule has 3 heterocycles. The first-order valence-electron chi connectivity index (χ1n) is 9.93. The van der Waals surface area contributed by atoms with Crippen LogP contribution in [-0.2, 0) is 28.4 Å². The normalized spacial score (nSPS) is 31.1. The van der Waals surface area contributed by atoms with Crippen LogP contribution in [0.15, 0.2) is 4.42 Å². The molecule has 2 atom stereocenters. The molecule has 2 aliphatic carbocycles. The van der Waals surface area contributed by atoms with Crippen molar-refractivity contribution in [2.24, 2.45) is 18.4 Å². The van der Waals surface area contributed by atoms with Crippen molar-refractivity contribution in [3.63, 3.8) is 0 Å². The van der Waals surface area contributed by atoms with Crippen molar-refractivity contribution < 1.29 is 15.3 Å². The molecule has 0 radical (unpaired) electrons. The standard InChI is InChI=1S/C20H28N4O3.H2/c1-12-21-22-17(27-12)15-13-6-7-14-18(2,3)20(25-10-11-26-20)9-8-19(14,4)16(13)23-24(15)5;/h14H,6-11H2,1-5H3;1H. The molecule has 1 aliphatic heterocycles. The Hall–Kier alpha value is -1.73. The minimum absolute atomic E-state index is 0. The van der Waals surface area contributed by atoms with Gasteiger partial charge >= 0.3 is 0 Å². The number of fused-ring (bicyclic) bond motifs is 3. The zero-order chi connectivity index (χ0) is 19.0. The van der Waals surface area contributed by atoms with Gasteiger partial charge in [-0.2, -0.15) is 5.10 Å². The number of aryl methyl sites for hydroxylation is 2. The van der Waals surface area contributed by atoms with E-state index in [1.165, 1.54) is 11.3 Å². The molecule has 2 aromatic heterocycles. The number of ether oxygens (including phenoxy) is 2. The summed E-state index contributed by atoms with van der Waals surface area (Å²) < 4.78 is 20.1. The molecule has 7 nitrogen and oxygen atoms in total. The lowest BCUT2D eigenvalue weighted by molar-refractivity contribution is -0.276. The lowest BCUT2D eigenvalue weighted by Crippen LogP contribution is -2.61. The zero-order valence-corrected chi connectivity index (χ0v) is 16.8. The van der Waals surface area contributed by atoms with E-state index < -0.39 is 5.79 Å². The van der Waals surface area contributed by atoms with Crippen molar-refractivity contribution in [1.29, 1.82) is 0 Å². The third-order valence-electron chi connectivity index (χ3n) is 7.45. The molecule has 1 saturated heterocycles. The Labute approximate surface area is 160 Å². The Kier molecular flexibility index (Phi) is 3.48. The Morgan fingerprint density at radius 3 is 2.52 bits per heavy atom. The summed E-state index contributed by atoms with van der Waals surface area (Å²) in [6.07, 6.45) is 3.95. The van der Waals surface area contributed by atoms with Gasteiger partial charge in [0.2, 0.25) is 5.89 Å². The number of aromatic nitrogens is 4. The highest BCUT2D eigenvalue weighted by atomic mass is 16.7. The van der Waals surface area contributed by atoms with Crippen LogP contribution >= 0.6 is 0 Å². The molecule has 2 aromatic rings. The topological polar surface area (TPSA) is 75.2 Å². The fourth-order valence-electron chi connectivity index (χ4n) is 6.13. The quantitative estimate of drug-likeness (QED) is 0.761. The zero-order valence-electron chi connectivity index (χ0n) is 16.8. The number of rotatable bonds is 1. The summed E-state index contributed by atoms with van der Waals surface area (Å²) in [5.41, 5.74) is 3.33. The Balaban J connectivity index is 0.00000192. The maximum Gasteiger partial charge on any atom is 0.266 e. The number of nitrogens with zero attached hydrogens (tertiary/aromatic N) is 4. The second kappa shape index (κ2) is 5.41. The van der Waals surface area contributed by atoms with Gasteiger partial charge in [0.25, 0.3) is 5.89 Å². The summed E-state index contributed by atoms with van der Waals surface area (Å²) >= 11 is 0. The summed E-state index contributed by atoms with van der Waals surface area (Å²) in [4.78, 5) is 0. The van der Waals surface area contributed by atoms with E-state index in [0.717, 1.165) is 31.4 Å². The van der Waals surface area contributed by atoms with E-state index in [1.54, 1.807) is 0 Å². The molecule has 3 aliphatic rings. The van der Waals surface area contributed by atoms with Crippen molar-refractivity contribution in [3.05, 3.63) is 17.1 Å². The first kappa shape index (κ1) is 17.4. The molecular weight excluding hydrogens is 344 g/mol. The van der Waals surface area contributed by atoms with E-state index in [-0.39, 0.29) is 12.3 Å². The second-order valence-corrected chi connectivity index (χ2v) is 9.11.